The van der Waals surface area contributed by atoms with Crippen molar-refractivity contribution in [3.63, 3.8) is 0 Å². The van der Waals surface area contributed by atoms with Crippen LogP contribution in [-0.4, -0.2) is 18.2 Å². The van der Waals surface area contributed by atoms with E-state index < -0.39 is 17.8 Å². The van der Waals surface area contributed by atoms with E-state index in [1.54, 1.807) is 36.4 Å². The number of anilines is 1. The summed E-state index contributed by atoms with van der Waals surface area (Å²) in [5.74, 6) is -1.05. The number of ether oxygens (including phenoxy) is 1. The Morgan fingerprint density at radius 2 is 2.00 bits per heavy atom. The van der Waals surface area contributed by atoms with Gasteiger partial charge in [-0.2, -0.15) is 0 Å². The first-order valence-electron chi connectivity index (χ1n) is 5.99. The third kappa shape index (κ3) is 3.06. The highest BCUT2D eigenvalue weighted by Gasteiger charge is 2.21. The number of benzene rings is 2. The number of hydrogen-bond acceptors (Lipinski definition) is 3. The Kier molecular flexibility index (Phi) is 4.20. The Labute approximate surface area is 115 Å². The Morgan fingerprint density at radius 1 is 1.25 bits per heavy atom. The summed E-state index contributed by atoms with van der Waals surface area (Å²) >= 11 is 0. The highest BCUT2D eigenvalue weighted by molar-refractivity contribution is 5.79. The van der Waals surface area contributed by atoms with Gasteiger partial charge in [-0.25, -0.2) is 9.18 Å². The third-order valence-corrected chi connectivity index (χ3v) is 2.85. The number of aliphatic carboxylic acids is 1. The number of methoxy groups -OCH3 is 1. The van der Waals surface area contributed by atoms with Crippen molar-refractivity contribution in [1.29, 1.82) is 0 Å². The van der Waals surface area contributed by atoms with E-state index in [1.165, 1.54) is 19.2 Å². The molecular weight excluding hydrogens is 261 g/mol. The van der Waals surface area contributed by atoms with Crippen LogP contribution in [0.2, 0.25) is 0 Å². The van der Waals surface area contributed by atoms with Crippen molar-refractivity contribution in [3.05, 3.63) is 59.9 Å². The Bertz CT molecular complexity index is 616. The van der Waals surface area contributed by atoms with Gasteiger partial charge in [-0.1, -0.05) is 24.3 Å². The van der Waals surface area contributed by atoms with Crippen molar-refractivity contribution >= 4 is 11.7 Å². The Morgan fingerprint density at radius 3 is 2.65 bits per heavy atom. The summed E-state index contributed by atoms with van der Waals surface area (Å²) in [6, 6.07) is 11.5. The molecule has 20 heavy (non-hydrogen) atoms. The molecule has 0 heterocycles. The molecule has 2 aromatic carbocycles. The maximum absolute atomic E-state index is 13.6. The number of halogens is 1. The fourth-order valence-corrected chi connectivity index (χ4v) is 1.84. The predicted molar refractivity (Wildman–Crippen MR) is 73.4 cm³/mol. The maximum Gasteiger partial charge on any atom is 0.330 e. The lowest BCUT2D eigenvalue weighted by Gasteiger charge is -2.17. The standard InChI is InChI=1S/C15H14FNO3/c1-20-11-6-4-5-10(9-11)14(15(18)19)17-13-8-3-2-7-12(13)16/h2-9,14,17H,1H3,(H,18,19). The number of nitrogens with one attached hydrogen (secondary N) is 1. The van der Waals surface area contributed by atoms with E-state index >= 15 is 0 Å². The molecule has 0 aliphatic heterocycles. The van der Waals surface area contributed by atoms with Crippen LogP contribution in [0.15, 0.2) is 48.5 Å². The molecule has 104 valence electrons. The molecule has 5 heteroatoms. The highest BCUT2D eigenvalue weighted by Crippen LogP contribution is 2.24. The molecule has 0 amide bonds. The van der Waals surface area contributed by atoms with Crippen molar-refractivity contribution in [2.24, 2.45) is 0 Å². The zero-order valence-corrected chi connectivity index (χ0v) is 10.8. The van der Waals surface area contributed by atoms with Gasteiger partial charge in [0.25, 0.3) is 0 Å². The lowest BCUT2D eigenvalue weighted by Crippen LogP contribution is -2.21. The fourth-order valence-electron chi connectivity index (χ4n) is 1.84. The molecule has 0 aliphatic rings. The van der Waals surface area contributed by atoms with E-state index in [-0.39, 0.29) is 5.69 Å². The number of carboxylic acid groups (broad SMARTS) is 1. The summed E-state index contributed by atoms with van der Waals surface area (Å²) in [6.45, 7) is 0. The van der Waals surface area contributed by atoms with Crippen LogP contribution in [0.1, 0.15) is 11.6 Å². The van der Waals surface area contributed by atoms with Crippen molar-refractivity contribution in [3.8, 4) is 5.75 Å². The molecule has 1 atom stereocenters. The molecule has 2 N–H and O–H groups in total. The van der Waals surface area contributed by atoms with Crippen molar-refractivity contribution < 1.29 is 19.0 Å². The summed E-state index contributed by atoms with van der Waals surface area (Å²) in [4.78, 5) is 11.4. The smallest absolute Gasteiger partial charge is 0.330 e. The van der Waals surface area contributed by atoms with Gasteiger partial charge >= 0.3 is 5.97 Å². The molecule has 0 fully saturated rings. The van der Waals surface area contributed by atoms with Gasteiger partial charge in [0.15, 0.2) is 6.04 Å². The Balaban J connectivity index is 2.32. The van der Waals surface area contributed by atoms with Crippen LogP contribution in [0.4, 0.5) is 10.1 Å². The molecule has 1 unspecified atom stereocenters. The monoisotopic (exact) mass is 275 g/mol. The first-order valence-corrected chi connectivity index (χ1v) is 5.99. The van der Waals surface area contributed by atoms with Crippen LogP contribution < -0.4 is 10.1 Å². The van der Waals surface area contributed by atoms with Crippen LogP contribution in [0, 0.1) is 5.82 Å². The fraction of sp³-hybridized carbons (Fsp3) is 0.133. The average molecular weight is 275 g/mol. The molecule has 0 saturated heterocycles. The number of rotatable bonds is 5. The minimum Gasteiger partial charge on any atom is -0.497 e. The summed E-state index contributed by atoms with van der Waals surface area (Å²) in [7, 11) is 1.50. The maximum atomic E-state index is 13.6. The third-order valence-electron chi connectivity index (χ3n) is 2.85. The largest absolute Gasteiger partial charge is 0.497 e. The summed E-state index contributed by atoms with van der Waals surface area (Å²) < 4.78 is 18.7. The van der Waals surface area contributed by atoms with Gasteiger partial charge in [-0.3, -0.25) is 0 Å². The minimum atomic E-state index is -1.10. The van der Waals surface area contributed by atoms with Gasteiger partial charge in [0.05, 0.1) is 12.8 Å². The van der Waals surface area contributed by atoms with Crippen molar-refractivity contribution in [2.75, 3.05) is 12.4 Å². The summed E-state index contributed by atoms with van der Waals surface area (Å²) in [5.41, 5.74) is 0.628. The molecule has 0 spiro atoms. The SMILES string of the molecule is COc1cccc(C(Nc2ccccc2F)C(=O)O)c1. The number of carboxylic acids is 1. The van der Waals surface area contributed by atoms with Crippen LogP contribution in [-0.2, 0) is 4.79 Å². The van der Waals surface area contributed by atoms with Crippen LogP contribution in [0.3, 0.4) is 0 Å². The van der Waals surface area contributed by atoms with E-state index in [4.69, 9.17) is 4.74 Å². The second-order valence-electron chi connectivity index (χ2n) is 4.17. The Hall–Kier alpha value is -2.56. The van der Waals surface area contributed by atoms with Gasteiger partial charge in [-0.05, 0) is 29.8 Å². The molecule has 4 nitrogen and oxygen atoms in total. The predicted octanol–water partition coefficient (Wildman–Crippen LogP) is 3.07. The first-order chi connectivity index (χ1) is 9.61. The van der Waals surface area contributed by atoms with Crippen molar-refractivity contribution in [1.82, 2.24) is 0 Å². The topological polar surface area (TPSA) is 58.6 Å². The van der Waals surface area contributed by atoms with Gasteiger partial charge < -0.3 is 15.2 Å². The molecule has 0 radical (unpaired) electrons. The van der Waals surface area contributed by atoms with E-state index in [0.29, 0.717) is 11.3 Å². The van der Waals surface area contributed by atoms with E-state index in [0.717, 1.165) is 0 Å². The van der Waals surface area contributed by atoms with Gasteiger partial charge in [0.1, 0.15) is 11.6 Å². The zero-order valence-electron chi connectivity index (χ0n) is 10.8. The molecular formula is C15H14FNO3. The number of hydrogen-bond donors (Lipinski definition) is 2. The number of para-hydroxylation sites is 1. The molecule has 0 aliphatic carbocycles. The van der Waals surface area contributed by atoms with Gasteiger partial charge in [-0.15, -0.1) is 0 Å². The lowest BCUT2D eigenvalue weighted by atomic mass is 10.1. The highest BCUT2D eigenvalue weighted by atomic mass is 19.1. The van der Waals surface area contributed by atoms with Crippen LogP contribution in [0.25, 0.3) is 0 Å². The van der Waals surface area contributed by atoms with E-state index in [9.17, 15) is 14.3 Å². The normalized spacial score (nSPS) is 11.7. The molecule has 0 saturated carbocycles. The lowest BCUT2D eigenvalue weighted by molar-refractivity contribution is -0.138. The molecule has 0 aromatic heterocycles. The molecule has 2 rings (SSSR count). The number of carbonyl (C=O) groups is 1. The van der Waals surface area contributed by atoms with E-state index in [1.807, 2.05) is 0 Å². The molecule has 0 bridgehead atoms. The summed E-state index contributed by atoms with van der Waals surface area (Å²) in [5, 5.41) is 12.0. The quantitative estimate of drug-likeness (QED) is 0.880. The first kappa shape index (κ1) is 13.9. The zero-order chi connectivity index (χ0) is 14.5. The van der Waals surface area contributed by atoms with Gasteiger partial charge in [0, 0.05) is 0 Å². The van der Waals surface area contributed by atoms with Crippen LogP contribution >= 0.6 is 0 Å². The average Bonchev–Trinajstić information content (AvgIpc) is 2.46. The van der Waals surface area contributed by atoms with E-state index in [2.05, 4.69) is 5.32 Å². The van der Waals surface area contributed by atoms with Gasteiger partial charge in [0.2, 0.25) is 0 Å². The molecule has 2 aromatic rings. The second kappa shape index (κ2) is 6.06. The second-order valence-corrected chi connectivity index (χ2v) is 4.17. The van der Waals surface area contributed by atoms with Crippen LogP contribution in [0.5, 0.6) is 5.75 Å². The summed E-state index contributed by atoms with van der Waals surface area (Å²) in [6.07, 6.45) is 0. The van der Waals surface area contributed by atoms with Crippen molar-refractivity contribution in [2.45, 2.75) is 6.04 Å². The minimum absolute atomic E-state index is 0.141.